The molecule has 2 N–H and O–H groups in total. The molecular weight excluding hydrogens is 219 g/mol. The van der Waals surface area contributed by atoms with Gasteiger partial charge >= 0.3 is 0 Å². The standard InChI is InChI=1S/C13H19FN2O/c14-11-4-5-13(12(15)10-11)17-9-3-8-16-6-1-2-7-16/h4-5,10H,1-3,6-9,15H2. The van der Waals surface area contributed by atoms with Gasteiger partial charge in [-0.3, -0.25) is 0 Å². The van der Waals surface area contributed by atoms with E-state index in [1.807, 2.05) is 0 Å². The quantitative estimate of drug-likeness (QED) is 0.631. The average molecular weight is 238 g/mol. The lowest BCUT2D eigenvalue weighted by Crippen LogP contribution is -2.22. The second kappa shape index (κ2) is 5.87. The van der Waals surface area contributed by atoms with Crippen LogP contribution in [-0.4, -0.2) is 31.1 Å². The predicted octanol–water partition coefficient (Wildman–Crippen LogP) is 2.27. The molecule has 0 unspecified atom stereocenters. The van der Waals surface area contributed by atoms with Gasteiger partial charge in [-0.1, -0.05) is 0 Å². The van der Waals surface area contributed by atoms with Crippen molar-refractivity contribution in [3.8, 4) is 5.75 Å². The van der Waals surface area contributed by atoms with Crippen molar-refractivity contribution in [2.75, 3.05) is 32.0 Å². The molecule has 0 aromatic heterocycles. The van der Waals surface area contributed by atoms with Gasteiger partial charge in [0.25, 0.3) is 0 Å². The third-order valence-corrected chi connectivity index (χ3v) is 3.05. The summed E-state index contributed by atoms with van der Waals surface area (Å²) in [5, 5.41) is 0. The first kappa shape index (κ1) is 12.2. The summed E-state index contributed by atoms with van der Waals surface area (Å²) in [6.07, 6.45) is 3.61. The van der Waals surface area contributed by atoms with Gasteiger partial charge < -0.3 is 15.4 Å². The lowest BCUT2D eigenvalue weighted by Gasteiger charge is -2.14. The number of benzene rings is 1. The van der Waals surface area contributed by atoms with Crippen LogP contribution in [0.15, 0.2) is 18.2 Å². The van der Waals surface area contributed by atoms with Crippen molar-refractivity contribution in [3.63, 3.8) is 0 Å². The van der Waals surface area contributed by atoms with E-state index in [2.05, 4.69) is 4.90 Å². The number of likely N-dealkylation sites (tertiary alicyclic amines) is 1. The number of nitrogen functional groups attached to an aromatic ring is 1. The third-order valence-electron chi connectivity index (χ3n) is 3.05. The average Bonchev–Trinajstić information content (AvgIpc) is 2.79. The van der Waals surface area contributed by atoms with Crippen LogP contribution >= 0.6 is 0 Å². The van der Waals surface area contributed by atoms with Gasteiger partial charge in [0.05, 0.1) is 12.3 Å². The lowest BCUT2D eigenvalue weighted by molar-refractivity contribution is 0.264. The summed E-state index contributed by atoms with van der Waals surface area (Å²) in [4.78, 5) is 2.44. The maximum Gasteiger partial charge on any atom is 0.142 e. The van der Waals surface area contributed by atoms with E-state index in [9.17, 15) is 4.39 Å². The van der Waals surface area contributed by atoms with Crippen molar-refractivity contribution < 1.29 is 9.13 Å². The van der Waals surface area contributed by atoms with E-state index in [0.29, 0.717) is 18.0 Å². The minimum absolute atomic E-state index is 0.327. The summed E-state index contributed by atoms with van der Waals surface area (Å²) in [5.41, 5.74) is 6.02. The van der Waals surface area contributed by atoms with Gasteiger partial charge in [-0.25, -0.2) is 4.39 Å². The fourth-order valence-electron chi connectivity index (χ4n) is 2.13. The molecule has 17 heavy (non-hydrogen) atoms. The molecule has 0 bridgehead atoms. The number of nitrogens with two attached hydrogens (primary N) is 1. The molecule has 1 aliphatic heterocycles. The minimum atomic E-state index is -0.327. The molecule has 0 saturated carbocycles. The first-order chi connectivity index (χ1) is 8.25. The summed E-state index contributed by atoms with van der Waals surface area (Å²) >= 11 is 0. The van der Waals surface area contributed by atoms with E-state index in [0.717, 1.165) is 13.0 Å². The Balaban J connectivity index is 1.70. The molecule has 1 aromatic rings. The third kappa shape index (κ3) is 3.60. The Hall–Kier alpha value is -1.29. The van der Waals surface area contributed by atoms with E-state index in [-0.39, 0.29) is 5.82 Å². The van der Waals surface area contributed by atoms with Gasteiger partial charge in [0.2, 0.25) is 0 Å². The monoisotopic (exact) mass is 238 g/mol. The van der Waals surface area contributed by atoms with E-state index in [1.165, 1.54) is 38.1 Å². The first-order valence-electron chi connectivity index (χ1n) is 6.16. The summed E-state index contributed by atoms with van der Waals surface area (Å²) in [6.45, 7) is 4.12. The summed E-state index contributed by atoms with van der Waals surface area (Å²) < 4.78 is 18.3. The highest BCUT2D eigenvalue weighted by Crippen LogP contribution is 2.21. The van der Waals surface area contributed by atoms with Crippen LogP contribution in [-0.2, 0) is 0 Å². The van der Waals surface area contributed by atoms with Crippen LogP contribution in [0.1, 0.15) is 19.3 Å². The Morgan fingerprint density at radius 3 is 2.76 bits per heavy atom. The number of anilines is 1. The van der Waals surface area contributed by atoms with Gasteiger partial charge in [0, 0.05) is 12.6 Å². The molecule has 2 rings (SSSR count). The molecule has 1 saturated heterocycles. The zero-order valence-electron chi connectivity index (χ0n) is 9.99. The fourth-order valence-corrected chi connectivity index (χ4v) is 2.13. The smallest absolute Gasteiger partial charge is 0.142 e. The highest BCUT2D eigenvalue weighted by Gasteiger charge is 2.10. The molecule has 3 nitrogen and oxygen atoms in total. The zero-order chi connectivity index (χ0) is 12.1. The number of ether oxygens (including phenoxy) is 1. The second-order valence-electron chi connectivity index (χ2n) is 4.43. The van der Waals surface area contributed by atoms with Crippen LogP contribution in [0.25, 0.3) is 0 Å². The SMILES string of the molecule is Nc1cc(F)ccc1OCCCN1CCCC1. The maximum atomic E-state index is 12.8. The predicted molar refractivity (Wildman–Crippen MR) is 66.6 cm³/mol. The van der Waals surface area contributed by atoms with Crippen molar-refractivity contribution in [1.29, 1.82) is 0 Å². The molecule has 0 radical (unpaired) electrons. The largest absolute Gasteiger partial charge is 0.491 e. The second-order valence-corrected chi connectivity index (χ2v) is 4.43. The van der Waals surface area contributed by atoms with Crippen LogP contribution in [0.5, 0.6) is 5.75 Å². The van der Waals surface area contributed by atoms with Crippen molar-refractivity contribution in [3.05, 3.63) is 24.0 Å². The Kier molecular flexibility index (Phi) is 4.20. The van der Waals surface area contributed by atoms with E-state index in [1.54, 1.807) is 6.07 Å². The van der Waals surface area contributed by atoms with Crippen molar-refractivity contribution in [2.24, 2.45) is 0 Å². The van der Waals surface area contributed by atoms with Crippen LogP contribution in [0.2, 0.25) is 0 Å². The topological polar surface area (TPSA) is 38.5 Å². The number of hydrogen-bond donors (Lipinski definition) is 1. The van der Waals surface area contributed by atoms with Crippen molar-refractivity contribution in [1.82, 2.24) is 4.90 Å². The summed E-state index contributed by atoms with van der Waals surface area (Å²) in [5.74, 6) is 0.250. The first-order valence-corrected chi connectivity index (χ1v) is 6.16. The van der Waals surface area contributed by atoms with E-state index >= 15 is 0 Å². The number of halogens is 1. The Labute approximate surface area is 101 Å². The van der Waals surface area contributed by atoms with E-state index < -0.39 is 0 Å². The Bertz CT molecular complexity index is 364. The molecule has 1 aromatic carbocycles. The van der Waals surface area contributed by atoms with Gasteiger partial charge in [-0.2, -0.15) is 0 Å². The molecule has 1 fully saturated rings. The van der Waals surface area contributed by atoms with Crippen molar-refractivity contribution >= 4 is 5.69 Å². The normalized spacial score (nSPS) is 16.3. The van der Waals surface area contributed by atoms with Gasteiger partial charge in [-0.05, 0) is 44.5 Å². The molecule has 1 heterocycles. The molecule has 0 amide bonds. The lowest BCUT2D eigenvalue weighted by atomic mass is 10.3. The molecule has 0 spiro atoms. The van der Waals surface area contributed by atoms with Crippen LogP contribution in [0.3, 0.4) is 0 Å². The van der Waals surface area contributed by atoms with Crippen LogP contribution in [0, 0.1) is 5.82 Å². The fraction of sp³-hybridized carbons (Fsp3) is 0.538. The molecule has 0 aliphatic carbocycles. The van der Waals surface area contributed by atoms with Gasteiger partial charge in [-0.15, -0.1) is 0 Å². The summed E-state index contributed by atoms with van der Waals surface area (Å²) in [6, 6.07) is 4.24. The van der Waals surface area contributed by atoms with Gasteiger partial charge in [0.1, 0.15) is 11.6 Å². The molecule has 94 valence electrons. The molecule has 4 heteroatoms. The number of hydrogen-bond acceptors (Lipinski definition) is 3. The molecular formula is C13H19FN2O. The highest BCUT2D eigenvalue weighted by atomic mass is 19.1. The van der Waals surface area contributed by atoms with Gasteiger partial charge in [0.15, 0.2) is 0 Å². The molecule has 1 aliphatic rings. The summed E-state index contributed by atoms with van der Waals surface area (Å²) in [7, 11) is 0. The Morgan fingerprint density at radius 1 is 1.29 bits per heavy atom. The number of nitrogens with zero attached hydrogens (tertiary/aromatic N) is 1. The van der Waals surface area contributed by atoms with E-state index in [4.69, 9.17) is 10.5 Å². The zero-order valence-corrected chi connectivity index (χ0v) is 9.99. The number of rotatable bonds is 5. The van der Waals surface area contributed by atoms with Crippen LogP contribution < -0.4 is 10.5 Å². The van der Waals surface area contributed by atoms with Crippen LogP contribution in [0.4, 0.5) is 10.1 Å². The minimum Gasteiger partial charge on any atom is -0.491 e. The van der Waals surface area contributed by atoms with Crippen molar-refractivity contribution in [2.45, 2.75) is 19.3 Å². The highest BCUT2D eigenvalue weighted by molar-refractivity contribution is 5.52. The molecule has 0 atom stereocenters. The Morgan fingerprint density at radius 2 is 2.06 bits per heavy atom. The maximum absolute atomic E-state index is 12.8.